The number of hydrogen-bond acceptors (Lipinski definition) is 5. The fraction of sp³-hybridized carbons (Fsp3) is 0.333. The quantitative estimate of drug-likeness (QED) is 0.304. The Morgan fingerprint density at radius 1 is 1.33 bits per heavy atom. The molecule has 1 aliphatic rings. The topological polar surface area (TPSA) is 97.8 Å². The molecular weight excluding hydrogens is 579 g/mol. The number of aromatic nitrogens is 4. The molecule has 1 aliphatic carbocycles. The largest absolute Gasteiger partial charge is 0.437 e. The normalized spacial score (nSPS) is 16.2. The van der Waals surface area contributed by atoms with E-state index in [2.05, 4.69) is 36.2 Å². The lowest BCUT2D eigenvalue weighted by Crippen LogP contribution is -2.35. The Hall–Kier alpha value is -3.18. The minimum atomic E-state index is -5.05. The first kappa shape index (κ1) is 25.9. The Kier molecular flexibility index (Phi) is 6.74. The van der Waals surface area contributed by atoms with Crippen molar-refractivity contribution in [2.24, 2.45) is 7.05 Å². The van der Waals surface area contributed by atoms with Gasteiger partial charge in [-0.15, -0.1) is 5.10 Å². The number of nitrogens with one attached hydrogen (secondary N) is 1. The lowest BCUT2D eigenvalue weighted by atomic mass is 10.1. The summed E-state index contributed by atoms with van der Waals surface area (Å²) in [7, 11) is 1.15. The van der Waals surface area contributed by atoms with Crippen molar-refractivity contribution in [3.8, 4) is 28.9 Å². The van der Waals surface area contributed by atoms with Crippen LogP contribution < -0.4 is 10.1 Å². The number of carbonyl (C=O) groups is 1. The molecule has 2 atom stereocenters. The van der Waals surface area contributed by atoms with Gasteiger partial charge in [-0.05, 0) is 46.5 Å². The van der Waals surface area contributed by atoms with Crippen LogP contribution in [-0.4, -0.2) is 42.4 Å². The molecule has 0 spiro atoms. The fourth-order valence-electron chi connectivity index (χ4n) is 3.38. The Morgan fingerprint density at radius 2 is 2.03 bits per heavy atom. The van der Waals surface area contributed by atoms with Crippen molar-refractivity contribution in [1.29, 1.82) is 5.26 Å². The smallest absolute Gasteiger partial charge is 0.425 e. The van der Waals surface area contributed by atoms with Gasteiger partial charge in [0.1, 0.15) is 5.54 Å². The molecule has 0 aliphatic heterocycles. The number of halogens is 7. The van der Waals surface area contributed by atoms with Crippen LogP contribution in [0.2, 0.25) is 5.02 Å². The highest BCUT2D eigenvalue weighted by molar-refractivity contribution is 9.09. The highest BCUT2D eigenvalue weighted by atomic mass is 79.9. The summed E-state index contributed by atoms with van der Waals surface area (Å²) in [5.41, 5.74) is -1.61. The minimum absolute atomic E-state index is 0.0696. The molecule has 0 saturated heterocycles. The zero-order valence-corrected chi connectivity index (χ0v) is 20.5. The molecule has 15 heteroatoms. The van der Waals surface area contributed by atoms with Crippen molar-refractivity contribution in [2.75, 3.05) is 0 Å². The van der Waals surface area contributed by atoms with Crippen molar-refractivity contribution in [2.45, 2.75) is 36.0 Å². The first-order valence-electron chi connectivity index (χ1n) is 10.2. The molecule has 1 amide bonds. The first-order valence-corrected chi connectivity index (χ1v) is 11.5. The van der Waals surface area contributed by atoms with Crippen LogP contribution in [0.25, 0.3) is 16.9 Å². The van der Waals surface area contributed by atoms with Crippen molar-refractivity contribution in [1.82, 2.24) is 24.9 Å². The van der Waals surface area contributed by atoms with Crippen LogP contribution in [0.15, 0.2) is 30.6 Å². The standard InChI is InChI=1S/C21H15BrClF5N6O2/c1-33-19(14(21(26,27)28)18(32-33)36-16(25)15(22)24)34-8-11(7-30-34)10-2-3-13(23)12(6-10)17(35)31-20(9-29)4-5-20/h2-3,6-8,15-16H,4-5H2,1H3,(H,31,35). The molecule has 1 aromatic carbocycles. The molecule has 1 saturated carbocycles. The Morgan fingerprint density at radius 3 is 2.61 bits per heavy atom. The number of ether oxygens (including phenoxy) is 1. The van der Waals surface area contributed by atoms with Crippen LogP contribution in [0.1, 0.15) is 28.8 Å². The summed E-state index contributed by atoms with van der Waals surface area (Å²) in [6.07, 6.45) is -4.28. The molecule has 3 aromatic rings. The number of alkyl halides is 6. The Balaban J connectivity index is 1.70. The zero-order chi connectivity index (χ0) is 26.4. The first-order chi connectivity index (χ1) is 16.8. The van der Waals surface area contributed by atoms with E-state index in [0.717, 1.165) is 16.4 Å². The summed E-state index contributed by atoms with van der Waals surface area (Å²) in [4.78, 5) is 12.6. The molecule has 190 valence electrons. The second kappa shape index (κ2) is 9.36. The van der Waals surface area contributed by atoms with Crippen molar-refractivity contribution in [3.05, 3.63) is 46.7 Å². The molecule has 1 fully saturated rings. The Labute approximate surface area is 213 Å². The van der Waals surface area contributed by atoms with Gasteiger partial charge >= 0.3 is 6.18 Å². The van der Waals surface area contributed by atoms with Crippen molar-refractivity contribution in [3.63, 3.8) is 0 Å². The van der Waals surface area contributed by atoms with Gasteiger partial charge in [-0.3, -0.25) is 4.79 Å². The number of amides is 1. The van der Waals surface area contributed by atoms with E-state index in [9.17, 15) is 32.0 Å². The SMILES string of the molecule is Cn1nc(OC(F)C(F)Br)c(C(F)(F)F)c1-n1cc(-c2ccc(Cl)c(C(=O)NC3(C#N)CC3)c2)cn1. The van der Waals surface area contributed by atoms with Crippen LogP contribution in [0.3, 0.4) is 0 Å². The molecule has 8 nitrogen and oxygen atoms in total. The molecule has 2 aromatic heterocycles. The number of nitrogens with zero attached hydrogens (tertiary/aromatic N) is 5. The average molecular weight is 594 g/mol. The summed E-state index contributed by atoms with van der Waals surface area (Å²) in [5, 5.41) is 17.1. The molecular formula is C21H15BrClF5N6O2. The van der Waals surface area contributed by atoms with Gasteiger partial charge in [0.25, 0.3) is 12.3 Å². The highest BCUT2D eigenvalue weighted by Gasteiger charge is 2.45. The van der Waals surface area contributed by atoms with E-state index in [1.807, 2.05) is 6.07 Å². The van der Waals surface area contributed by atoms with Crippen LogP contribution in [0.4, 0.5) is 22.0 Å². The van der Waals surface area contributed by atoms with E-state index in [1.54, 1.807) is 0 Å². The molecule has 36 heavy (non-hydrogen) atoms. The van der Waals surface area contributed by atoms with Gasteiger partial charge in [-0.1, -0.05) is 17.7 Å². The number of hydrogen-bond donors (Lipinski definition) is 1. The number of aryl methyl sites for hydroxylation is 1. The molecule has 1 N–H and O–H groups in total. The fourth-order valence-corrected chi connectivity index (χ4v) is 3.69. The van der Waals surface area contributed by atoms with Crippen LogP contribution >= 0.6 is 27.5 Å². The predicted octanol–water partition coefficient (Wildman–Crippen LogP) is 5.10. The van der Waals surface area contributed by atoms with Gasteiger partial charge in [-0.2, -0.15) is 27.9 Å². The number of nitriles is 1. The Bertz CT molecular complexity index is 1360. The third kappa shape index (κ3) is 5.03. The minimum Gasteiger partial charge on any atom is -0.437 e. The van der Waals surface area contributed by atoms with Gasteiger partial charge in [0.2, 0.25) is 11.0 Å². The summed E-state index contributed by atoms with van der Waals surface area (Å²) in [5.74, 6) is -2.35. The number of benzene rings is 1. The van der Waals surface area contributed by atoms with Crippen LogP contribution in [0.5, 0.6) is 5.88 Å². The molecule has 2 unspecified atom stereocenters. The van der Waals surface area contributed by atoms with Gasteiger partial charge in [-0.25, -0.2) is 13.8 Å². The van der Waals surface area contributed by atoms with Crippen molar-refractivity contribution < 1.29 is 31.5 Å². The second-order valence-corrected chi connectivity index (χ2v) is 9.23. The van der Waals surface area contributed by atoms with Gasteiger partial charge in [0.15, 0.2) is 11.4 Å². The van der Waals surface area contributed by atoms with Crippen LogP contribution in [-0.2, 0) is 13.2 Å². The molecule has 0 radical (unpaired) electrons. The summed E-state index contributed by atoms with van der Waals surface area (Å²) < 4.78 is 74.4. The third-order valence-electron chi connectivity index (χ3n) is 5.35. The van der Waals surface area contributed by atoms with Gasteiger partial charge in [0.05, 0.1) is 22.9 Å². The van der Waals surface area contributed by atoms with E-state index in [0.29, 0.717) is 24.0 Å². The van der Waals surface area contributed by atoms with Crippen LogP contribution in [0, 0.1) is 11.3 Å². The summed E-state index contributed by atoms with van der Waals surface area (Å²) >= 11 is 8.42. The zero-order valence-electron chi connectivity index (χ0n) is 18.2. The van der Waals surface area contributed by atoms with E-state index >= 15 is 0 Å². The second-order valence-electron chi connectivity index (χ2n) is 7.94. The molecule has 4 rings (SSSR count). The third-order valence-corrected chi connectivity index (χ3v) is 6.10. The lowest BCUT2D eigenvalue weighted by Gasteiger charge is -2.13. The maximum Gasteiger partial charge on any atom is 0.425 e. The van der Waals surface area contributed by atoms with E-state index in [4.69, 9.17) is 11.6 Å². The maximum atomic E-state index is 13.9. The predicted molar refractivity (Wildman–Crippen MR) is 120 cm³/mol. The van der Waals surface area contributed by atoms with E-state index < -0.39 is 46.3 Å². The number of carbonyl (C=O) groups excluding carboxylic acids is 1. The van der Waals surface area contributed by atoms with E-state index in [1.165, 1.54) is 30.6 Å². The maximum absolute atomic E-state index is 13.9. The lowest BCUT2D eigenvalue weighted by molar-refractivity contribution is -0.140. The number of rotatable bonds is 7. The summed E-state index contributed by atoms with van der Waals surface area (Å²) in [6.45, 7) is 0. The highest BCUT2D eigenvalue weighted by Crippen LogP contribution is 2.41. The molecule has 2 heterocycles. The monoisotopic (exact) mass is 592 g/mol. The van der Waals surface area contributed by atoms with Gasteiger partial charge in [0, 0.05) is 18.8 Å². The van der Waals surface area contributed by atoms with Crippen molar-refractivity contribution >= 4 is 33.4 Å². The van der Waals surface area contributed by atoms with Gasteiger partial charge < -0.3 is 10.1 Å². The molecule has 0 bridgehead atoms. The average Bonchev–Trinajstić information content (AvgIpc) is 3.25. The summed E-state index contributed by atoms with van der Waals surface area (Å²) in [6, 6.07) is 6.42. The van der Waals surface area contributed by atoms with E-state index in [-0.39, 0.29) is 10.6 Å².